The maximum Gasteiger partial charge on any atom is 0.0577 e. The molecule has 2 N–H and O–H groups in total. The first-order valence-electron chi connectivity index (χ1n) is 12.5. The van der Waals surface area contributed by atoms with Gasteiger partial charge >= 0.3 is 0 Å². The number of hydrogen-bond acceptors (Lipinski definition) is 2. The number of fused-ring (bicyclic) bond motifs is 5. The lowest BCUT2D eigenvalue weighted by Crippen LogP contribution is -2.50. The van der Waals surface area contributed by atoms with E-state index in [0.717, 1.165) is 42.9 Å². The summed E-state index contributed by atoms with van der Waals surface area (Å²) in [6.07, 6.45) is 18.7. The molecule has 7 unspecified atom stereocenters. The highest BCUT2D eigenvalue weighted by Crippen LogP contribution is 2.66. The van der Waals surface area contributed by atoms with Crippen LogP contribution < -0.4 is 0 Å². The van der Waals surface area contributed by atoms with Gasteiger partial charge in [-0.15, -0.1) is 0 Å². The van der Waals surface area contributed by atoms with Crippen molar-refractivity contribution in [2.45, 2.75) is 110 Å². The van der Waals surface area contributed by atoms with E-state index >= 15 is 0 Å². The summed E-state index contributed by atoms with van der Waals surface area (Å²) in [6, 6.07) is 0. The van der Waals surface area contributed by atoms with E-state index in [1.54, 1.807) is 5.57 Å². The molecule has 0 aromatic rings. The Morgan fingerprint density at radius 1 is 1.04 bits per heavy atom. The Hall–Kier alpha value is -0.340. The van der Waals surface area contributed by atoms with Crippen molar-refractivity contribution in [2.75, 3.05) is 0 Å². The van der Waals surface area contributed by atoms with Crippen LogP contribution in [-0.4, -0.2) is 22.4 Å². The standard InChI is InChI=1S/C26H42O2/c1-25-15-13-23-21(10-8-19-16-20(27)12-14-26(19,23)2)22(25)11-9-18(25)4-3-5-24(28)17-6-7-17/h8,17-18,20-24,27-28H,3-7,9-16H2,1-2H3/t18?,20?,21-,22?,23?,24?,25?,26?/m0/s1. The van der Waals surface area contributed by atoms with Crippen molar-refractivity contribution in [2.24, 2.45) is 40.4 Å². The predicted octanol–water partition coefficient (Wildman–Crippen LogP) is 5.87. The Bertz CT molecular complexity index is 622. The molecule has 0 saturated heterocycles. The zero-order valence-electron chi connectivity index (χ0n) is 18.2. The third-order valence-corrected chi connectivity index (χ3v) is 10.5. The van der Waals surface area contributed by atoms with Gasteiger partial charge in [-0.25, -0.2) is 0 Å². The van der Waals surface area contributed by atoms with E-state index < -0.39 is 0 Å². The highest BCUT2D eigenvalue weighted by atomic mass is 16.3. The second kappa shape index (κ2) is 7.12. The third kappa shape index (κ3) is 3.13. The van der Waals surface area contributed by atoms with Crippen molar-refractivity contribution < 1.29 is 10.2 Å². The first-order valence-corrected chi connectivity index (χ1v) is 12.5. The average Bonchev–Trinajstić information content (AvgIpc) is 3.46. The summed E-state index contributed by atoms with van der Waals surface area (Å²) in [7, 11) is 0. The van der Waals surface area contributed by atoms with Crippen LogP contribution in [0.15, 0.2) is 11.6 Å². The number of hydrogen-bond donors (Lipinski definition) is 2. The minimum Gasteiger partial charge on any atom is -0.393 e. The van der Waals surface area contributed by atoms with Gasteiger partial charge in [-0.3, -0.25) is 0 Å². The van der Waals surface area contributed by atoms with Gasteiger partial charge in [0.15, 0.2) is 0 Å². The van der Waals surface area contributed by atoms with Gasteiger partial charge < -0.3 is 10.2 Å². The molecule has 0 aromatic heterocycles. The molecule has 8 atom stereocenters. The zero-order valence-corrected chi connectivity index (χ0v) is 18.2. The van der Waals surface area contributed by atoms with E-state index in [2.05, 4.69) is 19.9 Å². The summed E-state index contributed by atoms with van der Waals surface area (Å²) >= 11 is 0. The molecule has 0 bridgehead atoms. The van der Waals surface area contributed by atoms with Crippen LogP contribution in [0.5, 0.6) is 0 Å². The molecule has 0 radical (unpaired) electrons. The predicted molar refractivity (Wildman–Crippen MR) is 114 cm³/mol. The fourth-order valence-corrected chi connectivity index (χ4v) is 8.51. The molecular weight excluding hydrogens is 344 g/mol. The zero-order chi connectivity index (χ0) is 19.5. The van der Waals surface area contributed by atoms with Crippen LogP contribution in [0.4, 0.5) is 0 Å². The topological polar surface area (TPSA) is 40.5 Å². The quantitative estimate of drug-likeness (QED) is 0.580. The van der Waals surface area contributed by atoms with Crippen LogP contribution in [0.3, 0.4) is 0 Å². The van der Waals surface area contributed by atoms with Crippen LogP contribution >= 0.6 is 0 Å². The molecule has 0 heterocycles. The van der Waals surface area contributed by atoms with Gasteiger partial charge in [0.2, 0.25) is 0 Å². The molecule has 4 fully saturated rings. The van der Waals surface area contributed by atoms with Crippen LogP contribution in [0, 0.1) is 40.4 Å². The van der Waals surface area contributed by atoms with E-state index in [-0.39, 0.29) is 12.2 Å². The summed E-state index contributed by atoms with van der Waals surface area (Å²) in [5, 5.41) is 20.4. The molecule has 5 aliphatic carbocycles. The second-order valence-electron chi connectivity index (χ2n) is 11.8. The number of aliphatic hydroxyl groups excluding tert-OH is 2. The molecule has 2 heteroatoms. The summed E-state index contributed by atoms with van der Waals surface area (Å²) in [5.74, 6) is 4.17. The van der Waals surface area contributed by atoms with Crippen molar-refractivity contribution in [3.05, 3.63) is 11.6 Å². The van der Waals surface area contributed by atoms with E-state index in [1.165, 1.54) is 64.2 Å². The smallest absolute Gasteiger partial charge is 0.0577 e. The van der Waals surface area contributed by atoms with Crippen LogP contribution in [-0.2, 0) is 0 Å². The van der Waals surface area contributed by atoms with Gasteiger partial charge in [-0.05, 0) is 117 Å². The summed E-state index contributed by atoms with van der Waals surface area (Å²) in [6.45, 7) is 5.17. The van der Waals surface area contributed by atoms with E-state index in [0.29, 0.717) is 16.7 Å². The van der Waals surface area contributed by atoms with Crippen molar-refractivity contribution >= 4 is 0 Å². The maximum atomic E-state index is 10.2. The lowest BCUT2D eigenvalue weighted by Gasteiger charge is -2.58. The maximum absolute atomic E-state index is 10.2. The lowest BCUT2D eigenvalue weighted by molar-refractivity contribution is -0.0511. The molecule has 0 aromatic carbocycles. The molecule has 2 nitrogen and oxygen atoms in total. The Balaban J connectivity index is 1.27. The van der Waals surface area contributed by atoms with Crippen molar-refractivity contribution in [1.82, 2.24) is 0 Å². The summed E-state index contributed by atoms with van der Waals surface area (Å²) in [5.41, 5.74) is 2.51. The van der Waals surface area contributed by atoms with Gasteiger partial charge in [0.25, 0.3) is 0 Å². The molecule has 0 aliphatic heterocycles. The molecule has 4 saturated carbocycles. The fraction of sp³-hybridized carbons (Fsp3) is 0.923. The Morgan fingerprint density at radius 2 is 1.86 bits per heavy atom. The third-order valence-electron chi connectivity index (χ3n) is 10.5. The summed E-state index contributed by atoms with van der Waals surface area (Å²) < 4.78 is 0. The largest absolute Gasteiger partial charge is 0.393 e. The fourth-order valence-electron chi connectivity index (χ4n) is 8.51. The molecular formula is C26H42O2. The van der Waals surface area contributed by atoms with Crippen LogP contribution in [0.25, 0.3) is 0 Å². The molecule has 5 aliphatic rings. The van der Waals surface area contributed by atoms with Crippen molar-refractivity contribution in [1.29, 1.82) is 0 Å². The normalized spacial score (nSPS) is 49.0. The molecule has 158 valence electrons. The Labute approximate surface area is 172 Å². The Kier molecular flexibility index (Phi) is 4.99. The van der Waals surface area contributed by atoms with E-state index in [4.69, 9.17) is 0 Å². The van der Waals surface area contributed by atoms with E-state index in [9.17, 15) is 10.2 Å². The van der Waals surface area contributed by atoms with E-state index in [1.807, 2.05) is 0 Å². The Morgan fingerprint density at radius 3 is 2.64 bits per heavy atom. The van der Waals surface area contributed by atoms with Gasteiger partial charge in [0.05, 0.1) is 12.2 Å². The minimum absolute atomic E-state index is 0.00996. The van der Waals surface area contributed by atoms with Gasteiger partial charge in [-0.2, -0.15) is 0 Å². The van der Waals surface area contributed by atoms with Crippen LogP contribution in [0.2, 0.25) is 0 Å². The highest BCUT2D eigenvalue weighted by molar-refractivity contribution is 5.25. The number of allylic oxidation sites excluding steroid dienone is 1. The van der Waals surface area contributed by atoms with Crippen LogP contribution in [0.1, 0.15) is 97.3 Å². The number of aliphatic hydroxyl groups is 2. The monoisotopic (exact) mass is 386 g/mol. The van der Waals surface area contributed by atoms with Gasteiger partial charge in [0.1, 0.15) is 0 Å². The molecule has 0 spiro atoms. The molecule has 0 amide bonds. The lowest BCUT2D eigenvalue weighted by atomic mass is 9.47. The summed E-state index contributed by atoms with van der Waals surface area (Å²) in [4.78, 5) is 0. The number of rotatable bonds is 5. The first-order chi connectivity index (χ1) is 13.4. The minimum atomic E-state index is -0.0911. The van der Waals surface area contributed by atoms with Gasteiger partial charge in [-0.1, -0.05) is 31.9 Å². The average molecular weight is 387 g/mol. The SMILES string of the molecule is CC12CCC(O)CC1=CC[C@@H]1C2CCC2(C)C(CCCC(O)C3CC3)CCC12. The molecule has 5 rings (SSSR count). The highest BCUT2D eigenvalue weighted by Gasteiger charge is 2.58. The van der Waals surface area contributed by atoms with Gasteiger partial charge in [0, 0.05) is 0 Å². The second-order valence-corrected chi connectivity index (χ2v) is 11.8. The molecule has 28 heavy (non-hydrogen) atoms. The first kappa shape index (κ1) is 19.6. The van der Waals surface area contributed by atoms with Crippen molar-refractivity contribution in [3.8, 4) is 0 Å². The van der Waals surface area contributed by atoms with Crippen molar-refractivity contribution in [3.63, 3.8) is 0 Å².